The van der Waals surface area contributed by atoms with E-state index in [-0.39, 0.29) is 24.4 Å². The van der Waals surface area contributed by atoms with Crippen LogP contribution in [0.3, 0.4) is 0 Å². The fourth-order valence-corrected chi connectivity index (χ4v) is 3.27. The first-order chi connectivity index (χ1) is 14.6. The molecular formula is C23H28N4O3. The third kappa shape index (κ3) is 5.45. The summed E-state index contributed by atoms with van der Waals surface area (Å²) in [6.45, 7) is 5.81. The standard InChI is InChI=1S/C23H28N4O3/c1-3-30-15-9-14-24-21(28)16-27-20-13-8-7-12-19(20)26-22(27)17(2)25-23(29)18-10-5-4-6-11-18/h4-8,10-13,17H,3,9,14-16H2,1-2H3,(H,24,28)(H,25,29). The van der Waals surface area contributed by atoms with E-state index >= 15 is 0 Å². The molecule has 1 atom stereocenters. The molecule has 0 saturated heterocycles. The molecule has 2 amide bonds. The molecule has 1 aromatic heterocycles. The fraction of sp³-hybridized carbons (Fsp3) is 0.348. The van der Waals surface area contributed by atoms with Crippen molar-refractivity contribution in [3.8, 4) is 0 Å². The predicted molar refractivity (Wildman–Crippen MR) is 116 cm³/mol. The van der Waals surface area contributed by atoms with Gasteiger partial charge < -0.3 is 19.9 Å². The smallest absolute Gasteiger partial charge is 0.251 e. The Labute approximate surface area is 176 Å². The second-order valence-corrected chi connectivity index (χ2v) is 7.01. The Morgan fingerprint density at radius 3 is 2.60 bits per heavy atom. The first kappa shape index (κ1) is 21.5. The molecule has 2 aromatic carbocycles. The zero-order chi connectivity index (χ0) is 21.3. The molecule has 0 fully saturated rings. The average molecular weight is 409 g/mol. The van der Waals surface area contributed by atoms with Crippen LogP contribution in [0.4, 0.5) is 0 Å². The highest BCUT2D eigenvalue weighted by Gasteiger charge is 2.20. The molecule has 3 aromatic rings. The number of fused-ring (bicyclic) bond motifs is 1. The van der Waals surface area contributed by atoms with Crippen molar-refractivity contribution in [2.45, 2.75) is 32.9 Å². The predicted octanol–water partition coefficient (Wildman–Crippen LogP) is 3.07. The highest BCUT2D eigenvalue weighted by molar-refractivity contribution is 5.94. The molecular weight excluding hydrogens is 380 g/mol. The quantitative estimate of drug-likeness (QED) is 0.505. The van der Waals surface area contributed by atoms with E-state index in [0.29, 0.717) is 31.1 Å². The average Bonchev–Trinajstić information content (AvgIpc) is 3.12. The Hall–Kier alpha value is -3.19. The minimum atomic E-state index is -0.365. The molecule has 0 aliphatic carbocycles. The van der Waals surface area contributed by atoms with E-state index < -0.39 is 0 Å². The number of hydrogen-bond acceptors (Lipinski definition) is 4. The van der Waals surface area contributed by atoms with Crippen molar-refractivity contribution in [3.63, 3.8) is 0 Å². The van der Waals surface area contributed by atoms with Crippen LogP contribution in [0.2, 0.25) is 0 Å². The molecule has 7 heteroatoms. The van der Waals surface area contributed by atoms with Gasteiger partial charge in [0, 0.05) is 25.3 Å². The van der Waals surface area contributed by atoms with Crippen LogP contribution in [-0.2, 0) is 16.1 Å². The van der Waals surface area contributed by atoms with Crippen LogP contribution in [0.5, 0.6) is 0 Å². The molecule has 30 heavy (non-hydrogen) atoms. The molecule has 0 aliphatic heterocycles. The lowest BCUT2D eigenvalue weighted by atomic mass is 10.2. The first-order valence-corrected chi connectivity index (χ1v) is 10.3. The topological polar surface area (TPSA) is 85.2 Å². The van der Waals surface area contributed by atoms with Gasteiger partial charge in [-0.2, -0.15) is 0 Å². The van der Waals surface area contributed by atoms with Crippen LogP contribution in [-0.4, -0.2) is 41.1 Å². The second kappa shape index (κ2) is 10.5. The number of nitrogens with zero attached hydrogens (tertiary/aromatic N) is 2. The summed E-state index contributed by atoms with van der Waals surface area (Å²) >= 11 is 0. The lowest BCUT2D eigenvalue weighted by molar-refractivity contribution is -0.121. The number of amides is 2. The number of para-hydroxylation sites is 2. The van der Waals surface area contributed by atoms with E-state index in [1.807, 2.05) is 60.9 Å². The minimum Gasteiger partial charge on any atom is -0.382 e. The normalized spacial score (nSPS) is 11.9. The van der Waals surface area contributed by atoms with Gasteiger partial charge in [0.1, 0.15) is 12.4 Å². The fourth-order valence-electron chi connectivity index (χ4n) is 3.27. The maximum atomic E-state index is 12.6. The number of ether oxygens (including phenoxy) is 1. The SMILES string of the molecule is CCOCCCNC(=O)Cn1c(C(C)NC(=O)c2ccccc2)nc2ccccc21. The van der Waals surface area contributed by atoms with E-state index in [4.69, 9.17) is 4.74 Å². The van der Waals surface area contributed by atoms with Crippen LogP contribution in [0.15, 0.2) is 54.6 Å². The summed E-state index contributed by atoms with van der Waals surface area (Å²) in [5, 5.41) is 5.91. The molecule has 1 heterocycles. The van der Waals surface area contributed by atoms with E-state index in [9.17, 15) is 9.59 Å². The molecule has 0 spiro atoms. The maximum Gasteiger partial charge on any atom is 0.251 e. The number of carbonyl (C=O) groups is 2. The summed E-state index contributed by atoms with van der Waals surface area (Å²) < 4.78 is 7.16. The van der Waals surface area contributed by atoms with Gasteiger partial charge in [0.15, 0.2) is 0 Å². The molecule has 0 bridgehead atoms. The van der Waals surface area contributed by atoms with Crippen molar-refractivity contribution >= 4 is 22.8 Å². The van der Waals surface area contributed by atoms with Gasteiger partial charge in [-0.05, 0) is 44.5 Å². The maximum absolute atomic E-state index is 12.6. The largest absolute Gasteiger partial charge is 0.382 e. The summed E-state index contributed by atoms with van der Waals surface area (Å²) in [4.78, 5) is 29.8. The molecule has 7 nitrogen and oxygen atoms in total. The highest BCUT2D eigenvalue weighted by atomic mass is 16.5. The van der Waals surface area contributed by atoms with E-state index in [1.54, 1.807) is 12.1 Å². The van der Waals surface area contributed by atoms with Crippen molar-refractivity contribution in [2.75, 3.05) is 19.8 Å². The van der Waals surface area contributed by atoms with Gasteiger partial charge in [-0.1, -0.05) is 30.3 Å². The van der Waals surface area contributed by atoms with Gasteiger partial charge in [0.05, 0.1) is 17.1 Å². The molecule has 2 N–H and O–H groups in total. The molecule has 0 radical (unpaired) electrons. The lowest BCUT2D eigenvalue weighted by Gasteiger charge is -2.16. The Kier molecular flexibility index (Phi) is 7.57. The van der Waals surface area contributed by atoms with Gasteiger partial charge in [0.25, 0.3) is 5.91 Å². The number of imidazole rings is 1. The molecule has 3 rings (SSSR count). The minimum absolute atomic E-state index is 0.0995. The zero-order valence-corrected chi connectivity index (χ0v) is 17.4. The van der Waals surface area contributed by atoms with Gasteiger partial charge >= 0.3 is 0 Å². The van der Waals surface area contributed by atoms with Crippen LogP contribution >= 0.6 is 0 Å². The van der Waals surface area contributed by atoms with Crippen LogP contribution in [0.1, 0.15) is 42.5 Å². The molecule has 0 saturated carbocycles. The first-order valence-electron chi connectivity index (χ1n) is 10.3. The second-order valence-electron chi connectivity index (χ2n) is 7.01. The van der Waals surface area contributed by atoms with Gasteiger partial charge in [-0.3, -0.25) is 9.59 Å². The van der Waals surface area contributed by atoms with Gasteiger partial charge in [-0.25, -0.2) is 4.98 Å². The number of aromatic nitrogens is 2. The third-order valence-electron chi connectivity index (χ3n) is 4.75. The highest BCUT2D eigenvalue weighted by Crippen LogP contribution is 2.21. The number of carbonyl (C=O) groups excluding carboxylic acids is 2. The number of benzene rings is 2. The summed E-state index contributed by atoms with van der Waals surface area (Å²) in [6, 6.07) is 16.3. The van der Waals surface area contributed by atoms with Gasteiger partial charge in [0.2, 0.25) is 5.91 Å². The monoisotopic (exact) mass is 408 g/mol. The van der Waals surface area contributed by atoms with E-state index in [0.717, 1.165) is 17.5 Å². The van der Waals surface area contributed by atoms with E-state index in [1.165, 1.54) is 0 Å². The Morgan fingerprint density at radius 1 is 1.10 bits per heavy atom. The number of rotatable bonds is 10. The van der Waals surface area contributed by atoms with Crippen molar-refractivity contribution in [2.24, 2.45) is 0 Å². The van der Waals surface area contributed by atoms with Crippen molar-refractivity contribution < 1.29 is 14.3 Å². The molecule has 1 unspecified atom stereocenters. The lowest BCUT2D eigenvalue weighted by Crippen LogP contribution is -2.32. The number of hydrogen-bond donors (Lipinski definition) is 2. The van der Waals surface area contributed by atoms with Crippen LogP contribution in [0.25, 0.3) is 11.0 Å². The summed E-state index contributed by atoms with van der Waals surface area (Å²) in [5.74, 6) is 0.365. The van der Waals surface area contributed by atoms with Crippen LogP contribution < -0.4 is 10.6 Å². The van der Waals surface area contributed by atoms with Crippen molar-refractivity contribution in [1.82, 2.24) is 20.2 Å². The number of nitrogens with one attached hydrogen (secondary N) is 2. The van der Waals surface area contributed by atoms with Crippen LogP contribution in [0, 0.1) is 0 Å². The van der Waals surface area contributed by atoms with Crippen molar-refractivity contribution in [1.29, 1.82) is 0 Å². The third-order valence-corrected chi connectivity index (χ3v) is 4.75. The molecule has 158 valence electrons. The molecule has 0 aliphatic rings. The zero-order valence-electron chi connectivity index (χ0n) is 17.4. The van der Waals surface area contributed by atoms with Crippen molar-refractivity contribution in [3.05, 3.63) is 66.0 Å². The Morgan fingerprint density at radius 2 is 1.83 bits per heavy atom. The summed E-state index contributed by atoms with van der Waals surface area (Å²) in [6.07, 6.45) is 0.765. The summed E-state index contributed by atoms with van der Waals surface area (Å²) in [7, 11) is 0. The Bertz CT molecular complexity index is 985. The van der Waals surface area contributed by atoms with Gasteiger partial charge in [-0.15, -0.1) is 0 Å². The Balaban J connectivity index is 1.74. The van der Waals surface area contributed by atoms with E-state index in [2.05, 4.69) is 15.6 Å². The summed E-state index contributed by atoms with van der Waals surface area (Å²) in [5.41, 5.74) is 2.23.